The SMILES string of the molecule is CN=C(NCCc1sc(C)nc1C)NC(C)C(C)C. The van der Waals surface area contributed by atoms with E-state index in [2.05, 4.69) is 55.2 Å². The molecule has 0 fully saturated rings. The van der Waals surface area contributed by atoms with Crippen molar-refractivity contribution in [3.05, 3.63) is 15.6 Å². The molecule has 0 saturated carbocycles. The molecule has 1 unspecified atom stereocenters. The van der Waals surface area contributed by atoms with Crippen molar-refractivity contribution < 1.29 is 0 Å². The smallest absolute Gasteiger partial charge is 0.191 e. The third-order valence-corrected chi connectivity index (χ3v) is 4.36. The molecule has 1 atom stereocenters. The fourth-order valence-electron chi connectivity index (χ4n) is 1.68. The summed E-state index contributed by atoms with van der Waals surface area (Å²) in [6, 6.07) is 0.415. The van der Waals surface area contributed by atoms with Gasteiger partial charge in [0.2, 0.25) is 0 Å². The van der Waals surface area contributed by atoms with Crippen molar-refractivity contribution in [2.75, 3.05) is 13.6 Å². The summed E-state index contributed by atoms with van der Waals surface area (Å²) in [5.41, 5.74) is 1.16. The van der Waals surface area contributed by atoms with Crippen LogP contribution in [0.1, 0.15) is 36.3 Å². The Hall–Kier alpha value is -1.10. The minimum absolute atomic E-state index is 0.415. The summed E-state index contributed by atoms with van der Waals surface area (Å²) in [5.74, 6) is 1.46. The van der Waals surface area contributed by atoms with Crippen LogP contribution in [0.5, 0.6) is 0 Å². The van der Waals surface area contributed by atoms with E-state index in [-0.39, 0.29) is 0 Å². The highest BCUT2D eigenvalue weighted by Gasteiger charge is 2.09. The van der Waals surface area contributed by atoms with Gasteiger partial charge in [-0.1, -0.05) is 13.8 Å². The molecule has 0 aromatic carbocycles. The van der Waals surface area contributed by atoms with Gasteiger partial charge in [0.1, 0.15) is 0 Å². The van der Waals surface area contributed by atoms with Crippen LogP contribution in [0.4, 0.5) is 0 Å². The molecule has 0 aliphatic rings. The van der Waals surface area contributed by atoms with Gasteiger partial charge >= 0.3 is 0 Å². The van der Waals surface area contributed by atoms with Gasteiger partial charge in [-0.05, 0) is 26.7 Å². The van der Waals surface area contributed by atoms with E-state index in [0.717, 1.165) is 29.6 Å². The third kappa shape index (κ3) is 5.19. The van der Waals surface area contributed by atoms with Gasteiger partial charge in [-0.25, -0.2) is 4.98 Å². The standard InChI is InChI=1S/C14H26N4S/c1-9(2)10(3)18-14(15-6)16-8-7-13-11(4)17-12(5)19-13/h9-10H,7-8H2,1-6H3,(H2,15,16,18). The first-order valence-corrected chi connectivity index (χ1v) is 7.65. The highest BCUT2D eigenvalue weighted by atomic mass is 32.1. The lowest BCUT2D eigenvalue weighted by molar-refractivity contribution is 0.481. The number of aromatic nitrogens is 1. The minimum Gasteiger partial charge on any atom is -0.356 e. The van der Waals surface area contributed by atoms with Crippen molar-refractivity contribution >= 4 is 17.3 Å². The zero-order valence-corrected chi connectivity index (χ0v) is 13.7. The fourth-order valence-corrected chi connectivity index (χ4v) is 2.61. The molecule has 1 rings (SSSR count). The highest BCUT2D eigenvalue weighted by Crippen LogP contribution is 2.16. The predicted octanol–water partition coefficient (Wildman–Crippen LogP) is 2.51. The van der Waals surface area contributed by atoms with E-state index < -0.39 is 0 Å². The average molecular weight is 282 g/mol. The van der Waals surface area contributed by atoms with Gasteiger partial charge in [0.25, 0.3) is 0 Å². The minimum atomic E-state index is 0.415. The second-order valence-electron chi connectivity index (χ2n) is 5.17. The quantitative estimate of drug-likeness (QED) is 0.644. The summed E-state index contributed by atoms with van der Waals surface area (Å²) in [6.07, 6.45) is 0.994. The first-order chi connectivity index (χ1) is 8.93. The maximum atomic E-state index is 4.45. The lowest BCUT2D eigenvalue weighted by atomic mass is 10.1. The number of rotatable bonds is 5. The molecular formula is C14H26N4S. The molecular weight excluding hydrogens is 256 g/mol. The summed E-state index contributed by atoms with van der Waals surface area (Å²) in [4.78, 5) is 10.1. The van der Waals surface area contributed by atoms with E-state index in [1.807, 2.05) is 7.05 Å². The molecule has 0 spiro atoms. The Kier molecular flexibility index (Phi) is 6.28. The largest absolute Gasteiger partial charge is 0.356 e. The van der Waals surface area contributed by atoms with Crippen LogP contribution in [-0.2, 0) is 6.42 Å². The summed E-state index contributed by atoms with van der Waals surface area (Å²) >= 11 is 1.78. The maximum Gasteiger partial charge on any atom is 0.191 e. The Balaban J connectivity index is 2.40. The van der Waals surface area contributed by atoms with Crippen molar-refractivity contribution in [3.8, 4) is 0 Å². The zero-order chi connectivity index (χ0) is 14.4. The topological polar surface area (TPSA) is 49.3 Å². The Labute approximate surface area is 120 Å². The number of nitrogens with zero attached hydrogens (tertiary/aromatic N) is 2. The lowest BCUT2D eigenvalue weighted by Crippen LogP contribution is -2.44. The molecule has 5 heteroatoms. The van der Waals surface area contributed by atoms with E-state index >= 15 is 0 Å². The number of hydrogen-bond acceptors (Lipinski definition) is 3. The summed E-state index contributed by atoms with van der Waals surface area (Å²) in [5, 5.41) is 7.90. The Morgan fingerprint density at radius 2 is 2.00 bits per heavy atom. The predicted molar refractivity (Wildman–Crippen MR) is 84.1 cm³/mol. The molecule has 0 radical (unpaired) electrons. The third-order valence-electron chi connectivity index (χ3n) is 3.23. The Bertz CT molecular complexity index is 423. The van der Waals surface area contributed by atoms with Crippen molar-refractivity contribution in [1.82, 2.24) is 15.6 Å². The van der Waals surface area contributed by atoms with E-state index in [1.165, 1.54) is 4.88 Å². The number of guanidine groups is 1. The van der Waals surface area contributed by atoms with Gasteiger partial charge < -0.3 is 10.6 Å². The average Bonchev–Trinajstić information content (AvgIpc) is 2.66. The molecule has 0 bridgehead atoms. The molecule has 4 nitrogen and oxygen atoms in total. The van der Waals surface area contributed by atoms with E-state index in [9.17, 15) is 0 Å². The van der Waals surface area contributed by atoms with Crippen LogP contribution >= 0.6 is 11.3 Å². The van der Waals surface area contributed by atoms with E-state index in [0.29, 0.717) is 12.0 Å². The van der Waals surface area contributed by atoms with Gasteiger partial charge in [0.05, 0.1) is 10.7 Å². The summed E-state index contributed by atoms with van der Waals surface area (Å²) in [7, 11) is 1.81. The molecule has 19 heavy (non-hydrogen) atoms. The number of thiazole rings is 1. The van der Waals surface area contributed by atoms with Gasteiger partial charge in [-0.15, -0.1) is 11.3 Å². The van der Waals surface area contributed by atoms with Gasteiger partial charge in [-0.3, -0.25) is 4.99 Å². The first kappa shape index (κ1) is 16.0. The van der Waals surface area contributed by atoms with Crippen LogP contribution in [0.25, 0.3) is 0 Å². The molecule has 0 amide bonds. The van der Waals surface area contributed by atoms with Crippen LogP contribution in [-0.4, -0.2) is 30.6 Å². The van der Waals surface area contributed by atoms with Gasteiger partial charge in [-0.2, -0.15) is 0 Å². The monoisotopic (exact) mass is 282 g/mol. The maximum absolute atomic E-state index is 4.45. The van der Waals surface area contributed by atoms with E-state index in [4.69, 9.17) is 0 Å². The van der Waals surface area contributed by atoms with Crippen LogP contribution < -0.4 is 10.6 Å². The number of hydrogen-bond donors (Lipinski definition) is 2. The van der Waals surface area contributed by atoms with Crippen LogP contribution in [0.2, 0.25) is 0 Å². The molecule has 1 aromatic heterocycles. The molecule has 0 aliphatic carbocycles. The molecule has 1 heterocycles. The fraction of sp³-hybridized carbons (Fsp3) is 0.714. The Morgan fingerprint density at radius 1 is 1.32 bits per heavy atom. The zero-order valence-electron chi connectivity index (χ0n) is 12.9. The molecule has 0 aliphatic heterocycles. The van der Waals surface area contributed by atoms with Crippen molar-refractivity contribution in [1.29, 1.82) is 0 Å². The first-order valence-electron chi connectivity index (χ1n) is 6.84. The van der Waals surface area contributed by atoms with Crippen LogP contribution in [0.3, 0.4) is 0 Å². The molecule has 108 valence electrons. The second kappa shape index (κ2) is 7.48. The lowest BCUT2D eigenvalue weighted by Gasteiger charge is -2.20. The molecule has 1 aromatic rings. The molecule has 0 saturated heterocycles. The van der Waals surface area contributed by atoms with Gasteiger partial charge in [0, 0.05) is 30.9 Å². The second-order valence-corrected chi connectivity index (χ2v) is 6.46. The van der Waals surface area contributed by atoms with E-state index in [1.54, 1.807) is 11.3 Å². The number of aryl methyl sites for hydroxylation is 2. The van der Waals surface area contributed by atoms with Crippen molar-refractivity contribution in [3.63, 3.8) is 0 Å². The van der Waals surface area contributed by atoms with Gasteiger partial charge in [0.15, 0.2) is 5.96 Å². The van der Waals surface area contributed by atoms with Crippen molar-refractivity contribution in [2.24, 2.45) is 10.9 Å². The van der Waals surface area contributed by atoms with Crippen LogP contribution in [0.15, 0.2) is 4.99 Å². The molecule has 2 N–H and O–H groups in total. The van der Waals surface area contributed by atoms with Crippen molar-refractivity contribution in [2.45, 2.75) is 47.1 Å². The number of nitrogens with one attached hydrogen (secondary N) is 2. The highest BCUT2D eigenvalue weighted by molar-refractivity contribution is 7.11. The normalized spacial score (nSPS) is 13.7. The Morgan fingerprint density at radius 3 is 2.47 bits per heavy atom. The number of aliphatic imine (C=N–C) groups is 1. The summed E-state index contributed by atoms with van der Waals surface area (Å²) in [6.45, 7) is 11.6. The summed E-state index contributed by atoms with van der Waals surface area (Å²) < 4.78 is 0. The van der Waals surface area contributed by atoms with Crippen LogP contribution in [0, 0.1) is 19.8 Å².